The number of phenols is 1. The normalized spacial score (nSPS) is 10.8. The van der Waals surface area contributed by atoms with E-state index in [0.717, 1.165) is 18.5 Å². The molecular weight excluding hydrogens is 250 g/mol. The molecule has 4 nitrogen and oxygen atoms in total. The molecule has 96 valence electrons. The maximum atomic E-state index is 9.65. The molecule has 0 amide bonds. The smallest absolute Gasteiger partial charge is 0.120 e. The van der Waals surface area contributed by atoms with Gasteiger partial charge in [0.25, 0.3) is 0 Å². The van der Waals surface area contributed by atoms with Gasteiger partial charge < -0.3 is 10.4 Å². The van der Waals surface area contributed by atoms with Crippen LogP contribution < -0.4 is 5.32 Å². The number of nitrogens with one attached hydrogen (secondary N) is 1. The summed E-state index contributed by atoms with van der Waals surface area (Å²) in [6, 6.07) is 7.06. The van der Waals surface area contributed by atoms with E-state index < -0.39 is 0 Å². The van der Waals surface area contributed by atoms with E-state index >= 15 is 0 Å². The zero-order chi connectivity index (χ0) is 13.0. The Morgan fingerprint density at radius 1 is 1.39 bits per heavy atom. The van der Waals surface area contributed by atoms with Crippen LogP contribution in [0.5, 0.6) is 5.75 Å². The number of phenolic OH excluding ortho intramolecular Hbond substituents is 1. The molecule has 1 aromatic carbocycles. The van der Waals surface area contributed by atoms with Gasteiger partial charge >= 0.3 is 0 Å². The molecular formula is C13H16ClN3O. The van der Waals surface area contributed by atoms with Crippen molar-refractivity contribution < 1.29 is 5.11 Å². The molecule has 0 aliphatic heterocycles. The van der Waals surface area contributed by atoms with Crippen LogP contribution in [0.25, 0.3) is 0 Å². The summed E-state index contributed by atoms with van der Waals surface area (Å²) >= 11 is 5.88. The quantitative estimate of drug-likeness (QED) is 0.814. The summed E-state index contributed by atoms with van der Waals surface area (Å²) in [6.07, 6.45) is 2.69. The highest BCUT2D eigenvalue weighted by Crippen LogP contribution is 2.20. The standard InChI is InChI=1S/C13H16ClN3O/c1-17-12(5-7-16-17)4-6-15-9-10-8-11(14)2-3-13(10)18/h2-3,5,7-8,15,18H,4,6,9H2,1H3. The lowest BCUT2D eigenvalue weighted by Gasteiger charge is -2.07. The zero-order valence-corrected chi connectivity index (χ0v) is 11.0. The highest BCUT2D eigenvalue weighted by atomic mass is 35.5. The second-order valence-electron chi connectivity index (χ2n) is 4.15. The Bertz CT molecular complexity index is 525. The van der Waals surface area contributed by atoms with E-state index in [2.05, 4.69) is 10.4 Å². The highest BCUT2D eigenvalue weighted by Gasteiger charge is 2.02. The van der Waals surface area contributed by atoms with Crippen molar-refractivity contribution in [3.63, 3.8) is 0 Å². The Balaban J connectivity index is 1.82. The van der Waals surface area contributed by atoms with Crippen molar-refractivity contribution in [1.82, 2.24) is 15.1 Å². The molecule has 0 bridgehead atoms. The third-order valence-electron chi connectivity index (χ3n) is 2.84. The van der Waals surface area contributed by atoms with Gasteiger partial charge in [-0.15, -0.1) is 0 Å². The van der Waals surface area contributed by atoms with Gasteiger partial charge in [-0.3, -0.25) is 4.68 Å². The fourth-order valence-corrected chi connectivity index (χ4v) is 1.98. The Morgan fingerprint density at radius 2 is 2.22 bits per heavy atom. The zero-order valence-electron chi connectivity index (χ0n) is 10.2. The van der Waals surface area contributed by atoms with Crippen molar-refractivity contribution in [3.05, 3.63) is 46.7 Å². The lowest BCUT2D eigenvalue weighted by Crippen LogP contribution is -2.18. The van der Waals surface area contributed by atoms with Crippen LogP contribution in [-0.2, 0) is 20.0 Å². The van der Waals surface area contributed by atoms with Gasteiger partial charge in [0.15, 0.2) is 0 Å². The van der Waals surface area contributed by atoms with Crippen molar-refractivity contribution >= 4 is 11.6 Å². The average molecular weight is 266 g/mol. The van der Waals surface area contributed by atoms with Crippen LogP contribution in [0.4, 0.5) is 0 Å². The minimum atomic E-state index is 0.271. The van der Waals surface area contributed by atoms with Gasteiger partial charge in [-0.2, -0.15) is 5.10 Å². The van der Waals surface area contributed by atoms with E-state index in [4.69, 9.17) is 11.6 Å². The van der Waals surface area contributed by atoms with Crippen molar-refractivity contribution in [2.75, 3.05) is 6.54 Å². The second-order valence-corrected chi connectivity index (χ2v) is 4.58. The van der Waals surface area contributed by atoms with E-state index in [-0.39, 0.29) is 5.75 Å². The number of nitrogens with zero attached hydrogens (tertiary/aromatic N) is 2. The van der Waals surface area contributed by atoms with Gasteiger partial charge in [-0.1, -0.05) is 11.6 Å². The van der Waals surface area contributed by atoms with Crippen LogP contribution in [-0.4, -0.2) is 21.4 Å². The molecule has 5 heteroatoms. The summed E-state index contributed by atoms with van der Waals surface area (Å²) in [4.78, 5) is 0. The van der Waals surface area contributed by atoms with Crippen LogP contribution in [0.2, 0.25) is 5.02 Å². The predicted octanol–water partition coefficient (Wildman–Crippen LogP) is 2.11. The van der Waals surface area contributed by atoms with Crippen LogP contribution >= 0.6 is 11.6 Å². The molecule has 0 saturated carbocycles. The summed E-state index contributed by atoms with van der Waals surface area (Å²) in [7, 11) is 1.93. The summed E-state index contributed by atoms with van der Waals surface area (Å²) in [5.41, 5.74) is 1.99. The first-order chi connectivity index (χ1) is 8.66. The number of aromatic nitrogens is 2. The third kappa shape index (κ3) is 3.24. The summed E-state index contributed by atoms with van der Waals surface area (Å²) in [6.45, 7) is 1.43. The Kier molecular flexibility index (Phi) is 4.23. The average Bonchev–Trinajstić information content (AvgIpc) is 2.75. The molecule has 1 aromatic heterocycles. The Labute approximate surface area is 111 Å². The van der Waals surface area contributed by atoms with E-state index in [0.29, 0.717) is 11.6 Å². The maximum absolute atomic E-state index is 9.65. The number of aryl methyl sites for hydroxylation is 1. The van der Waals surface area contributed by atoms with E-state index in [1.165, 1.54) is 5.69 Å². The molecule has 1 heterocycles. The first kappa shape index (κ1) is 12.9. The number of aromatic hydroxyl groups is 1. The Morgan fingerprint density at radius 3 is 2.94 bits per heavy atom. The van der Waals surface area contributed by atoms with Crippen LogP contribution in [0.15, 0.2) is 30.5 Å². The molecule has 2 N–H and O–H groups in total. The highest BCUT2D eigenvalue weighted by molar-refractivity contribution is 6.30. The first-order valence-corrected chi connectivity index (χ1v) is 6.19. The van der Waals surface area contributed by atoms with Gasteiger partial charge in [0, 0.05) is 49.0 Å². The van der Waals surface area contributed by atoms with E-state index in [9.17, 15) is 5.11 Å². The Hall–Kier alpha value is -1.52. The van der Waals surface area contributed by atoms with Gasteiger partial charge in [0.1, 0.15) is 5.75 Å². The summed E-state index contributed by atoms with van der Waals surface area (Å²) < 4.78 is 1.86. The van der Waals surface area contributed by atoms with Crippen molar-refractivity contribution in [2.24, 2.45) is 7.05 Å². The molecule has 0 saturated heterocycles. The number of hydrogen-bond acceptors (Lipinski definition) is 3. The van der Waals surface area contributed by atoms with E-state index in [1.54, 1.807) is 24.4 Å². The molecule has 0 fully saturated rings. The van der Waals surface area contributed by atoms with Crippen LogP contribution in [0.1, 0.15) is 11.3 Å². The molecule has 18 heavy (non-hydrogen) atoms. The number of halogens is 1. The summed E-state index contributed by atoms with van der Waals surface area (Å²) in [5.74, 6) is 0.271. The monoisotopic (exact) mass is 265 g/mol. The molecule has 0 unspecified atom stereocenters. The second kappa shape index (κ2) is 5.89. The molecule has 0 aliphatic rings. The number of rotatable bonds is 5. The number of hydrogen-bond donors (Lipinski definition) is 2. The van der Waals surface area contributed by atoms with Crippen molar-refractivity contribution in [3.8, 4) is 5.75 Å². The fraction of sp³-hybridized carbons (Fsp3) is 0.308. The fourth-order valence-electron chi connectivity index (χ4n) is 1.78. The largest absolute Gasteiger partial charge is 0.508 e. The van der Waals surface area contributed by atoms with E-state index in [1.807, 2.05) is 17.8 Å². The van der Waals surface area contributed by atoms with Crippen molar-refractivity contribution in [1.29, 1.82) is 0 Å². The summed E-state index contributed by atoms with van der Waals surface area (Å²) in [5, 5.41) is 17.7. The molecule has 0 radical (unpaired) electrons. The third-order valence-corrected chi connectivity index (χ3v) is 3.07. The topological polar surface area (TPSA) is 50.1 Å². The molecule has 0 aliphatic carbocycles. The minimum Gasteiger partial charge on any atom is -0.508 e. The SMILES string of the molecule is Cn1nccc1CCNCc1cc(Cl)ccc1O. The maximum Gasteiger partial charge on any atom is 0.120 e. The molecule has 2 aromatic rings. The first-order valence-electron chi connectivity index (χ1n) is 5.82. The van der Waals surface area contributed by atoms with Gasteiger partial charge in [-0.05, 0) is 24.3 Å². The molecule has 0 atom stereocenters. The number of benzene rings is 1. The van der Waals surface area contributed by atoms with Gasteiger partial charge in [0.05, 0.1) is 0 Å². The molecule has 2 rings (SSSR count). The molecule has 0 spiro atoms. The van der Waals surface area contributed by atoms with Gasteiger partial charge in [0.2, 0.25) is 0 Å². The lowest BCUT2D eigenvalue weighted by atomic mass is 10.2. The van der Waals surface area contributed by atoms with Crippen LogP contribution in [0.3, 0.4) is 0 Å². The lowest BCUT2D eigenvalue weighted by molar-refractivity contribution is 0.464. The van der Waals surface area contributed by atoms with Gasteiger partial charge in [-0.25, -0.2) is 0 Å². The van der Waals surface area contributed by atoms with Crippen molar-refractivity contribution in [2.45, 2.75) is 13.0 Å². The predicted molar refractivity (Wildman–Crippen MR) is 71.7 cm³/mol. The minimum absolute atomic E-state index is 0.271. The van der Waals surface area contributed by atoms with Crippen LogP contribution in [0, 0.1) is 0 Å².